The molecule has 1 aliphatic carbocycles. The standard InChI is InChI=1S/C24H21FN6O2/c1-2-33-21-10-3-15(14-26-21)19-9-8-18(13-20(19)22-28-30-31-29-22)27-23(32)24(11-12-24)16-4-6-17(25)7-5-16/h3-10,13-14H,2,11-12H2,1H3,(H,27,32)(H,28,29,30,31). The Hall–Kier alpha value is -4.14. The maximum absolute atomic E-state index is 13.3. The number of ether oxygens (including phenoxy) is 1. The summed E-state index contributed by atoms with van der Waals surface area (Å²) in [6, 6.07) is 15.4. The Morgan fingerprint density at radius 1 is 1.12 bits per heavy atom. The summed E-state index contributed by atoms with van der Waals surface area (Å²) in [5, 5.41) is 17.4. The summed E-state index contributed by atoms with van der Waals surface area (Å²) in [6.45, 7) is 2.44. The molecule has 0 bridgehead atoms. The second-order valence-corrected chi connectivity index (χ2v) is 7.86. The molecule has 0 unspecified atom stereocenters. The fraction of sp³-hybridized carbons (Fsp3) is 0.208. The second kappa shape index (κ2) is 8.42. The van der Waals surface area contributed by atoms with Crippen LogP contribution in [0.5, 0.6) is 5.88 Å². The molecule has 33 heavy (non-hydrogen) atoms. The molecule has 4 aromatic rings. The van der Waals surface area contributed by atoms with E-state index in [2.05, 4.69) is 30.9 Å². The van der Waals surface area contributed by atoms with Crippen LogP contribution in [0.2, 0.25) is 0 Å². The van der Waals surface area contributed by atoms with Crippen LogP contribution in [0, 0.1) is 5.82 Å². The SMILES string of the molecule is CCOc1ccc(-c2ccc(NC(=O)C3(c4ccc(F)cc4)CC3)cc2-c2nn[nH]n2)cn1. The van der Waals surface area contributed by atoms with E-state index in [9.17, 15) is 9.18 Å². The number of nitrogens with zero attached hydrogens (tertiary/aromatic N) is 4. The minimum absolute atomic E-state index is 0.122. The van der Waals surface area contributed by atoms with Crippen molar-refractivity contribution >= 4 is 11.6 Å². The average molecular weight is 444 g/mol. The van der Waals surface area contributed by atoms with Crippen LogP contribution < -0.4 is 10.1 Å². The molecular formula is C24H21FN6O2. The number of carbonyl (C=O) groups excluding carboxylic acids is 1. The number of anilines is 1. The predicted octanol–water partition coefficient (Wildman–Crippen LogP) is 4.14. The molecule has 0 spiro atoms. The third kappa shape index (κ3) is 4.05. The Morgan fingerprint density at radius 2 is 1.94 bits per heavy atom. The predicted molar refractivity (Wildman–Crippen MR) is 120 cm³/mol. The third-order valence-corrected chi connectivity index (χ3v) is 5.78. The summed E-state index contributed by atoms with van der Waals surface area (Å²) in [5.41, 5.74) is 3.18. The van der Waals surface area contributed by atoms with Gasteiger partial charge in [0.05, 0.1) is 12.0 Å². The molecule has 1 saturated carbocycles. The van der Waals surface area contributed by atoms with Crippen LogP contribution in [-0.2, 0) is 10.2 Å². The first-order chi connectivity index (χ1) is 16.1. The van der Waals surface area contributed by atoms with E-state index >= 15 is 0 Å². The molecule has 0 atom stereocenters. The van der Waals surface area contributed by atoms with E-state index in [-0.39, 0.29) is 11.7 Å². The van der Waals surface area contributed by atoms with Gasteiger partial charge in [0.2, 0.25) is 17.6 Å². The Bertz CT molecular complexity index is 1270. The fourth-order valence-corrected chi connectivity index (χ4v) is 3.90. The van der Waals surface area contributed by atoms with Crippen molar-refractivity contribution in [3.63, 3.8) is 0 Å². The van der Waals surface area contributed by atoms with Crippen LogP contribution >= 0.6 is 0 Å². The quantitative estimate of drug-likeness (QED) is 0.444. The van der Waals surface area contributed by atoms with E-state index in [1.807, 2.05) is 31.2 Å². The zero-order chi connectivity index (χ0) is 22.8. The number of hydrogen-bond acceptors (Lipinski definition) is 6. The lowest BCUT2D eigenvalue weighted by atomic mass is 9.94. The Kier molecular flexibility index (Phi) is 5.29. The maximum Gasteiger partial charge on any atom is 0.235 e. The molecule has 0 radical (unpaired) electrons. The molecule has 1 amide bonds. The smallest absolute Gasteiger partial charge is 0.235 e. The Labute approximate surface area is 189 Å². The molecule has 166 valence electrons. The van der Waals surface area contributed by atoms with Crippen molar-refractivity contribution in [1.29, 1.82) is 0 Å². The molecule has 0 saturated heterocycles. The molecule has 1 aliphatic rings. The molecule has 2 heterocycles. The monoisotopic (exact) mass is 444 g/mol. The number of hydrogen-bond donors (Lipinski definition) is 2. The number of aromatic amines is 1. The van der Waals surface area contributed by atoms with E-state index in [1.165, 1.54) is 12.1 Å². The van der Waals surface area contributed by atoms with Crippen molar-refractivity contribution in [3.8, 4) is 28.4 Å². The average Bonchev–Trinajstić information content (AvgIpc) is 3.46. The van der Waals surface area contributed by atoms with Crippen LogP contribution in [0.4, 0.5) is 10.1 Å². The highest BCUT2D eigenvalue weighted by atomic mass is 19.1. The minimum atomic E-state index is -0.627. The van der Waals surface area contributed by atoms with Gasteiger partial charge in [-0.2, -0.15) is 5.21 Å². The van der Waals surface area contributed by atoms with E-state index in [4.69, 9.17) is 4.74 Å². The lowest BCUT2D eigenvalue weighted by molar-refractivity contribution is -0.118. The number of H-pyrrole nitrogens is 1. The first kappa shape index (κ1) is 20.7. The number of tetrazole rings is 1. The highest BCUT2D eigenvalue weighted by molar-refractivity contribution is 6.02. The minimum Gasteiger partial charge on any atom is -0.478 e. The van der Waals surface area contributed by atoms with Crippen molar-refractivity contribution in [1.82, 2.24) is 25.6 Å². The van der Waals surface area contributed by atoms with Gasteiger partial charge in [0.25, 0.3) is 0 Å². The second-order valence-electron chi connectivity index (χ2n) is 7.86. The molecule has 2 aromatic carbocycles. The first-order valence-electron chi connectivity index (χ1n) is 10.6. The largest absolute Gasteiger partial charge is 0.478 e. The summed E-state index contributed by atoms with van der Waals surface area (Å²) in [7, 11) is 0. The number of benzene rings is 2. The summed E-state index contributed by atoms with van der Waals surface area (Å²) in [4.78, 5) is 17.5. The highest BCUT2D eigenvalue weighted by Crippen LogP contribution is 2.49. The normalized spacial score (nSPS) is 14.0. The molecule has 8 nitrogen and oxygen atoms in total. The van der Waals surface area contributed by atoms with Gasteiger partial charge in [-0.25, -0.2) is 9.37 Å². The number of carbonyl (C=O) groups is 1. The van der Waals surface area contributed by atoms with E-state index in [0.717, 1.165) is 29.5 Å². The van der Waals surface area contributed by atoms with Crippen LogP contribution in [0.1, 0.15) is 25.3 Å². The van der Waals surface area contributed by atoms with Gasteiger partial charge in [0.15, 0.2) is 0 Å². The van der Waals surface area contributed by atoms with Gasteiger partial charge in [0.1, 0.15) is 5.82 Å². The van der Waals surface area contributed by atoms with Crippen LogP contribution in [0.15, 0.2) is 60.8 Å². The highest BCUT2D eigenvalue weighted by Gasteiger charge is 2.51. The topological polar surface area (TPSA) is 106 Å². The molecule has 2 N–H and O–H groups in total. The van der Waals surface area contributed by atoms with E-state index in [1.54, 1.807) is 24.4 Å². The number of nitrogens with one attached hydrogen (secondary N) is 2. The van der Waals surface area contributed by atoms with E-state index in [0.29, 0.717) is 29.6 Å². The van der Waals surface area contributed by atoms with Crippen molar-refractivity contribution in [2.45, 2.75) is 25.2 Å². The summed E-state index contributed by atoms with van der Waals surface area (Å²) >= 11 is 0. The molecule has 9 heteroatoms. The zero-order valence-corrected chi connectivity index (χ0v) is 17.9. The summed E-state index contributed by atoms with van der Waals surface area (Å²) in [6.07, 6.45) is 3.16. The molecular weight excluding hydrogens is 423 g/mol. The molecule has 1 fully saturated rings. The number of amides is 1. The molecule has 2 aromatic heterocycles. The van der Waals surface area contributed by atoms with Gasteiger partial charge in [-0.3, -0.25) is 4.79 Å². The summed E-state index contributed by atoms with van der Waals surface area (Å²) in [5.74, 6) is 0.499. The first-order valence-corrected chi connectivity index (χ1v) is 10.6. The number of aromatic nitrogens is 5. The van der Waals surface area contributed by atoms with Gasteiger partial charge in [-0.15, -0.1) is 10.2 Å². The Balaban J connectivity index is 1.45. The number of pyridine rings is 1. The van der Waals surface area contributed by atoms with Gasteiger partial charge in [-0.1, -0.05) is 18.2 Å². The van der Waals surface area contributed by atoms with Crippen LogP contribution in [0.25, 0.3) is 22.5 Å². The van der Waals surface area contributed by atoms with Crippen molar-refractivity contribution < 1.29 is 13.9 Å². The number of rotatable bonds is 7. The van der Waals surface area contributed by atoms with Crippen LogP contribution in [-0.4, -0.2) is 38.1 Å². The fourth-order valence-electron chi connectivity index (χ4n) is 3.90. The van der Waals surface area contributed by atoms with Gasteiger partial charge < -0.3 is 10.1 Å². The molecule has 5 rings (SSSR count). The van der Waals surface area contributed by atoms with Gasteiger partial charge in [0, 0.05) is 29.1 Å². The lowest BCUT2D eigenvalue weighted by Gasteiger charge is -2.17. The number of halogens is 1. The van der Waals surface area contributed by atoms with Gasteiger partial charge >= 0.3 is 0 Å². The zero-order valence-electron chi connectivity index (χ0n) is 17.9. The third-order valence-electron chi connectivity index (χ3n) is 5.78. The van der Waals surface area contributed by atoms with Crippen molar-refractivity contribution in [2.24, 2.45) is 0 Å². The Morgan fingerprint density at radius 3 is 2.58 bits per heavy atom. The summed E-state index contributed by atoms with van der Waals surface area (Å²) < 4.78 is 18.8. The van der Waals surface area contributed by atoms with E-state index < -0.39 is 5.41 Å². The van der Waals surface area contributed by atoms with Crippen molar-refractivity contribution in [2.75, 3.05) is 11.9 Å². The maximum atomic E-state index is 13.3. The lowest BCUT2D eigenvalue weighted by Crippen LogP contribution is -2.27. The molecule has 0 aliphatic heterocycles. The van der Waals surface area contributed by atoms with Crippen LogP contribution in [0.3, 0.4) is 0 Å². The van der Waals surface area contributed by atoms with Crippen molar-refractivity contribution in [3.05, 3.63) is 72.2 Å². The van der Waals surface area contributed by atoms with Gasteiger partial charge in [-0.05, 0) is 66.4 Å².